The molecule has 1 fully saturated rings. The second-order valence-corrected chi connectivity index (χ2v) is 12.0. The first-order chi connectivity index (χ1) is 16.4. The molecule has 6 heteroatoms. The van der Waals surface area contributed by atoms with Gasteiger partial charge in [0.05, 0.1) is 6.04 Å². The molecule has 1 heterocycles. The lowest BCUT2D eigenvalue weighted by molar-refractivity contribution is -0.139. The molecular weight excluding hydrogens is 443 g/mol. The Hall–Kier alpha value is -2.37. The molecule has 0 saturated heterocycles. The summed E-state index contributed by atoms with van der Waals surface area (Å²) in [6.45, 7) is 11.4. The van der Waals surface area contributed by atoms with Crippen molar-refractivity contribution in [2.75, 3.05) is 20.1 Å². The van der Waals surface area contributed by atoms with Gasteiger partial charge < -0.3 is 14.5 Å². The first-order valence-corrected chi connectivity index (χ1v) is 13.2. The van der Waals surface area contributed by atoms with Gasteiger partial charge in [0.1, 0.15) is 11.4 Å². The third-order valence-electron chi connectivity index (χ3n) is 7.81. The van der Waals surface area contributed by atoms with Crippen LogP contribution in [0, 0.1) is 23.6 Å². The number of carbonyl (C=O) groups excluding carboxylic acids is 2. The third kappa shape index (κ3) is 5.57. The average molecular weight is 485 g/mol. The van der Waals surface area contributed by atoms with E-state index < -0.39 is 5.60 Å². The van der Waals surface area contributed by atoms with Crippen LogP contribution in [0.25, 0.3) is 5.57 Å². The maximum atomic E-state index is 13.9. The number of hydrogen-bond donors (Lipinski definition) is 0. The molecule has 2 aliphatic carbocycles. The minimum atomic E-state index is -0.499. The number of ether oxygens (including phenoxy) is 1. The normalized spacial score (nSPS) is 24.3. The van der Waals surface area contributed by atoms with Crippen LogP contribution in [0.2, 0.25) is 0 Å². The van der Waals surface area contributed by atoms with E-state index in [1.165, 1.54) is 16.7 Å². The predicted molar refractivity (Wildman–Crippen MR) is 136 cm³/mol. The zero-order valence-electron chi connectivity index (χ0n) is 22.2. The van der Waals surface area contributed by atoms with Crippen LogP contribution in [0.5, 0.6) is 0 Å². The number of carbonyl (C=O) groups is 2. The fourth-order valence-electron chi connectivity index (χ4n) is 6.24. The van der Waals surface area contributed by atoms with Crippen LogP contribution in [-0.4, -0.2) is 53.6 Å². The molecule has 0 aromatic heterocycles. The zero-order valence-corrected chi connectivity index (χ0v) is 22.2. The lowest BCUT2D eigenvalue weighted by atomic mass is 9.79. The van der Waals surface area contributed by atoms with Gasteiger partial charge in [0, 0.05) is 26.1 Å². The topological polar surface area (TPSA) is 49.9 Å². The van der Waals surface area contributed by atoms with Crippen LogP contribution in [0.15, 0.2) is 23.8 Å². The van der Waals surface area contributed by atoms with E-state index in [4.69, 9.17) is 4.74 Å². The number of nitrogens with zero attached hydrogens (tertiary/aromatic N) is 2. The Bertz CT molecular complexity index is 1000. The zero-order chi connectivity index (χ0) is 25.5. The summed E-state index contributed by atoms with van der Waals surface area (Å²) in [6, 6.07) is 5.20. The van der Waals surface area contributed by atoms with Crippen LogP contribution < -0.4 is 0 Å². The van der Waals surface area contributed by atoms with Crippen molar-refractivity contribution in [1.82, 2.24) is 9.80 Å². The van der Waals surface area contributed by atoms with E-state index in [1.54, 1.807) is 24.1 Å². The summed E-state index contributed by atoms with van der Waals surface area (Å²) in [7, 11) is 1.79. The molecule has 192 valence electrons. The number of benzene rings is 1. The second kappa shape index (κ2) is 9.94. The Labute approximate surface area is 209 Å². The number of halogens is 1. The Balaban J connectivity index is 1.38. The molecule has 4 rings (SSSR count). The van der Waals surface area contributed by atoms with Gasteiger partial charge in [0.15, 0.2) is 0 Å². The van der Waals surface area contributed by atoms with E-state index in [1.807, 2.05) is 26.8 Å². The first-order valence-electron chi connectivity index (χ1n) is 13.2. The van der Waals surface area contributed by atoms with E-state index in [0.717, 1.165) is 44.1 Å². The van der Waals surface area contributed by atoms with Crippen molar-refractivity contribution in [3.05, 3.63) is 40.7 Å². The Morgan fingerprint density at radius 1 is 1.17 bits per heavy atom. The number of amides is 2. The minimum absolute atomic E-state index is 0.0442. The van der Waals surface area contributed by atoms with E-state index in [2.05, 4.69) is 18.7 Å². The summed E-state index contributed by atoms with van der Waals surface area (Å²) in [5.41, 5.74) is 4.31. The van der Waals surface area contributed by atoms with Crippen molar-refractivity contribution in [3.63, 3.8) is 0 Å². The fourth-order valence-corrected chi connectivity index (χ4v) is 6.24. The molecule has 1 aromatic rings. The smallest absolute Gasteiger partial charge is 0.410 e. The van der Waals surface area contributed by atoms with Crippen molar-refractivity contribution >= 4 is 17.6 Å². The molecule has 3 aliphatic rings. The molecule has 0 radical (unpaired) electrons. The van der Waals surface area contributed by atoms with Gasteiger partial charge in [0.2, 0.25) is 5.91 Å². The summed E-state index contributed by atoms with van der Waals surface area (Å²) >= 11 is 0. The molecule has 1 atom stereocenters. The second-order valence-electron chi connectivity index (χ2n) is 12.0. The Kier molecular flexibility index (Phi) is 7.31. The van der Waals surface area contributed by atoms with Gasteiger partial charge in [-0.25, -0.2) is 9.18 Å². The largest absolute Gasteiger partial charge is 0.444 e. The summed E-state index contributed by atoms with van der Waals surface area (Å²) in [6.07, 6.45) is 4.96. The van der Waals surface area contributed by atoms with E-state index in [9.17, 15) is 14.0 Å². The molecule has 1 unspecified atom stereocenters. The van der Waals surface area contributed by atoms with Gasteiger partial charge in [-0.05, 0) is 106 Å². The van der Waals surface area contributed by atoms with Gasteiger partial charge in [-0.15, -0.1) is 0 Å². The van der Waals surface area contributed by atoms with Crippen LogP contribution in [0.1, 0.15) is 77.8 Å². The summed E-state index contributed by atoms with van der Waals surface area (Å²) in [4.78, 5) is 29.9. The number of hydrogen-bond acceptors (Lipinski definition) is 3. The van der Waals surface area contributed by atoms with E-state index >= 15 is 0 Å². The lowest BCUT2D eigenvalue weighted by Crippen LogP contribution is -2.50. The molecule has 1 aliphatic heterocycles. The van der Waals surface area contributed by atoms with Gasteiger partial charge >= 0.3 is 6.09 Å². The molecule has 0 N–H and O–H groups in total. The van der Waals surface area contributed by atoms with Gasteiger partial charge in [-0.3, -0.25) is 4.79 Å². The molecule has 1 aromatic carbocycles. The monoisotopic (exact) mass is 484 g/mol. The highest BCUT2D eigenvalue weighted by Crippen LogP contribution is 2.44. The Morgan fingerprint density at radius 3 is 2.49 bits per heavy atom. The van der Waals surface area contributed by atoms with Crippen molar-refractivity contribution in [3.8, 4) is 0 Å². The molecule has 1 saturated carbocycles. The Morgan fingerprint density at radius 2 is 1.86 bits per heavy atom. The van der Waals surface area contributed by atoms with Crippen LogP contribution >= 0.6 is 0 Å². The number of rotatable bonds is 4. The van der Waals surface area contributed by atoms with Crippen molar-refractivity contribution in [2.45, 2.75) is 84.8 Å². The average Bonchev–Trinajstić information content (AvgIpc) is 3.14. The third-order valence-corrected chi connectivity index (χ3v) is 7.81. The summed E-state index contributed by atoms with van der Waals surface area (Å²) in [5.74, 6) is 0.833. The molecule has 35 heavy (non-hydrogen) atoms. The molecule has 0 bridgehead atoms. The quantitative estimate of drug-likeness (QED) is 0.522. The minimum Gasteiger partial charge on any atom is -0.444 e. The highest BCUT2D eigenvalue weighted by atomic mass is 19.1. The van der Waals surface area contributed by atoms with Crippen molar-refractivity contribution in [2.24, 2.45) is 17.8 Å². The summed E-state index contributed by atoms with van der Waals surface area (Å²) in [5, 5.41) is 0. The molecule has 2 amide bonds. The SMILES string of the molecule is CC(C)C1C2=C(CCN1C(=O)C1CCC(CN(C)C(=O)OC(C)(C)C)CC1)c1cc(F)ccc1C2. The van der Waals surface area contributed by atoms with Crippen LogP contribution in [0.3, 0.4) is 0 Å². The van der Waals surface area contributed by atoms with Gasteiger partial charge in [0.25, 0.3) is 0 Å². The highest BCUT2D eigenvalue weighted by molar-refractivity contribution is 5.84. The van der Waals surface area contributed by atoms with E-state index in [0.29, 0.717) is 24.9 Å². The standard InChI is InChI=1S/C29H41FN2O3/c1-18(2)26-25-15-21-11-12-22(30)16-24(21)23(25)13-14-32(26)27(33)20-9-7-19(8-10-20)17-31(6)28(34)35-29(3,4)5/h11-12,16,18-20,26H,7-10,13-15,17H2,1-6H3. The first kappa shape index (κ1) is 25.7. The molecule has 0 spiro atoms. The van der Waals surface area contributed by atoms with Crippen molar-refractivity contribution in [1.29, 1.82) is 0 Å². The van der Waals surface area contributed by atoms with Crippen molar-refractivity contribution < 1.29 is 18.7 Å². The molecular formula is C29H41FN2O3. The van der Waals surface area contributed by atoms with Crippen LogP contribution in [0.4, 0.5) is 9.18 Å². The molecule has 5 nitrogen and oxygen atoms in total. The number of fused-ring (bicyclic) bond motifs is 2. The lowest BCUT2D eigenvalue weighted by Gasteiger charge is -2.42. The summed E-state index contributed by atoms with van der Waals surface area (Å²) < 4.78 is 19.4. The maximum absolute atomic E-state index is 13.9. The van der Waals surface area contributed by atoms with Gasteiger partial charge in [-0.1, -0.05) is 19.9 Å². The van der Waals surface area contributed by atoms with Crippen LogP contribution in [-0.2, 0) is 16.0 Å². The maximum Gasteiger partial charge on any atom is 0.410 e. The van der Waals surface area contributed by atoms with Gasteiger partial charge in [-0.2, -0.15) is 0 Å². The highest BCUT2D eigenvalue weighted by Gasteiger charge is 2.41. The predicted octanol–water partition coefficient (Wildman–Crippen LogP) is 6.07. The van der Waals surface area contributed by atoms with E-state index in [-0.39, 0.29) is 29.8 Å². The fraction of sp³-hybridized carbons (Fsp3) is 0.655.